The summed E-state index contributed by atoms with van der Waals surface area (Å²) < 4.78 is 5.51. The van der Waals surface area contributed by atoms with E-state index < -0.39 is 0 Å². The molecule has 26 heavy (non-hydrogen) atoms. The van der Waals surface area contributed by atoms with E-state index >= 15 is 0 Å². The summed E-state index contributed by atoms with van der Waals surface area (Å²) in [4.78, 5) is 13.1. The van der Waals surface area contributed by atoms with Gasteiger partial charge in [-0.05, 0) is 43.7 Å². The van der Waals surface area contributed by atoms with Crippen molar-refractivity contribution in [2.24, 2.45) is 5.10 Å². The average Bonchev–Trinajstić information content (AvgIpc) is 3.31. The fraction of sp³-hybridized carbons (Fsp3) is 0.182. The lowest BCUT2D eigenvalue weighted by Crippen LogP contribution is -2.27. The van der Waals surface area contributed by atoms with Crippen LogP contribution in [0.25, 0.3) is 0 Å². The highest BCUT2D eigenvalue weighted by molar-refractivity contribution is 6.03. The lowest BCUT2D eigenvalue weighted by Gasteiger charge is -2.22. The van der Waals surface area contributed by atoms with Crippen LogP contribution in [0.2, 0.25) is 0 Å². The molecule has 1 amide bonds. The lowest BCUT2D eigenvalue weighted by atomic mass is 9.99. The molecule has 1 aliphatic rings. The van der Waals surface area contributed by atoms with Crippen LogP contribution in [-0.4, -0.2) is 16.6 Å². The first-order valence-electron chi connectivity index (χ1n) is 8.70. The van der Waals surface area contributed by atoms with Crippen LogP contribution in [0.15, 0.2) is 76.4 Å². The van der Waals surface area contributed by atoms with Gasteiger partial charge in [-0.2, -0.15) is 5.10 Å². The third-order valence-electron chi connectivity index (χ3n) is 4.65. The quantitative estimate of drug-likeness (QED) is 0.679. The fourth-order valence-electron chi connectivity index (χ4n) is 3.25. The molecule has 0 fully saturated rings. The Bertz CT molecular complexity index is 956. The molecule has 0 radical (unpaired) electrons. The van der Waals surface area contributed by atoms with Crippen molar-refractivity contribution in [3.05, 3.63) is 94.9 Å². The predicted molar refractivity (Wildman–Crippen MR) is 101 cm³/mol. The van der Waals surface area contributed by atoms with Crippen LogP contribution in [0, 0.1) is 13.8 Å². The summed E-state index contributed by atoms with van der Waals surface area (Å²) >= 11 is 0. The van der Waals surface area contributed by atoms with Crippen molar-refractivity contribution < 1.29 is 9.21 Å². The third kappa shape index (κ3) is 3.06. The van der Waals surface area contributed by atoms with Crippen LogP contribution in [0.4, 0.5) is 0 Å². The number of aryl methyl sites for hydroxylation is 2. The Hall–Kier alpha value is -3.14. The maximum atomic E-state index is 13.1. The lowest BCUT2D eigenvalue weighted by molar-refractivity contribution is 0.0711. The minimum Gasteiger partial charge on any atom is -0.463 e. The summed E-state index contributed by atoms with van der Waals surface area (Å²) in [5, 5.41) is 6.22. The molecular weight excluding hydrogens is 324 g/mol. The molecule has 2 aromatic carbocycles. The zero-order chi connectivity index (χ0) is 18.1. The molecule has 0 aliphatic carbocycles. The van der Waals surface area contributed by atoms with Gasteiger partial charge in [0.15, 0.2) is 0 Å². The van der Waals surface area contributed by atoms with Crippen LogP contribution in [0.1, 0.15) is 45.3 Å². The first-order valence-corrected chi connectivity index (χ1v) is 8.70. The SMILES string of the molecule is Cc1ccc(C(=O)N2N=C(c3ccco3)CC2c2cccc(C)c2)cc1. The van der Waals surface area contributed by atoms with E-state index in [1.165, 1.54) is 0 Å². The summed E-state index contributed by atoms with van der Waals surface area (Å²) in [6.07, 6.45) is 2.26. The highest BCUT2D eigenvalue weighted by Crippen LogP contribution is 2.34. The van der Waals surface area contributed by atoms with Gasteiger partial charge in [-0.15, -0.1) is 0 Å². The number of carbonyl (C=O) groups excluding carboxylic acids is 1. The number of rotatable bonds is 3. The standard InChI is InChI=1S/C22H20N2O2/c1-15-8-10-17(11-9-15)22(25)24-20(18-6-3-5-16(2)13-18)14-19(23-24)21-7-4-12-26-21/h3-13,20H,14H2,1-2H3. The van der Waals surface area contributed by atoms with Crippen molar-refractivity contribution in [3.8, 4) is 0 Å². The molecule has 0 N–H and O–H groups in total. The fourth-order valence-corrected chi connectivity index (χ4v) is 3.25. The number of furan rings is 1. The number of benzene rings is 2. The van der Waals surface area contributed by atoms with Crippen molar-refractivity contribution in [2.45, 2.75) is 26.3 Å². The van der Waals surface area contributed by atoms with Gasteiger partial charge in [0.1, 0.15) is 11.5 Å². The second kappa shape index (κ2) is 6.64. The highest BCUT2D eigenvalue weighted by Gasteiger charge is 2.34. The van der Waals surface area contributed by atoms with Crippen LogP contribution in [0.5, 0.6) is 0 Å². The number of carbonyl (C=O) groups is 1. The Labute approximate surface area is 152 Å². The molecule has 130 valence electrons. The van der Waals surface area contributed by atoms with Crippen LogP contribution >= 0.6 is 0 Å². The number of hydrogen-bond acceptors (Lipinski definition) is 3. The van der Waals surface area contributed by atoms with Gasteiger partial charge in [0.2, 0.25) is 0 Å². The first-order chi connectivity index (χ1) is 12.6. The van der Waals surface area contributed by atoms with Crippen molar-refractivity contribution in [1.29, 1.82) is 0 Å². The molecule has 4 heteroatoms. The van der Waals surface area contributed by atoms with E-state index in [1.807, 2.05) is 55.5 Å². The molecular formula is C22H20N2O2. The molecule has 1 aromatic heterocycles. The predicted octanol–water partition coefficient (Wildman–Crippen LogP) is 4.89. The number of hydrazone groups is 1. The summed E-state index contributed by atoms with van der Waals surface area (Å²) in [5.41, 5.74) is 4.80. The minimum atomic E-state index is -0.135. The van der Waals surface area contributed by atoms with E-state index in [1.54, 1.807) is 11.3 Å². The van der Waals surface area contributed by atoms with E-state index in [0.29, 0.717) is 17.7 Å². The summed E-state index contributed by atoms with van der Waals surface area (Å²) in [5.74, 6) is 0.611. The molecule has 3 aromatic rings. The Morgan fingerprint density at radius 3 is 2.54 bits per heavy atom. The van der Waals surface area contributed by atoms with Gasteiger partial charge in [0, 0.05) is 12.0 Å². The molecule has 0 bridgehead atoms. The Kier molecular flexibility index (Phi) is 4.17. The summed E-state index contributed by atoms with van der Waals surface area (Å²) in [6.45, 7) is 4.06. The average molecular weight is 344 g/mol. The zero-order valence-electron chi connectivity index (χ0n) is 14.8. The van der Waals surface area contributed by atoms with Crippen molar-refractivity contribution in [2.75, 3.05) is 0 Å². The first kappa shape index (κ1) is 16.3. The highest BCUT2D eigenvalue weighted by atomic mass is 16.3. The van der Waals surface area contributed by atoms with Gasteiger partial charge in [0.05, 0.1) is 12.3 Å². The third-order valence-corrected chi connectivity index (χ3v) is 4.65. The van der Waals surface area contributed by atoms with Crippen molar-refractivity contribution >= 4 is 11.6 Å². The summed E-state index contributed by atoms with van der Waals surface area (Å²) in [6, 6.07) is 19.4. The number of amides is 1. The van der Waals surface area contributed by atoms with E-state index in [9.17, 15) is 4.79 Å². The van der Waals surface area contributed by atoms with Crippen molar-refractivity contribution in [1.82, 2.24) is 5.01 Å². The second-order valence-electron chi connectivity index (χ2n) is 6.67. The van der Waals surface area contributed by atoms with Gasteiger partial charge in [-0.1, -0.05) is 47.5 Å². The van der Waals surface area contributed by atoms with Gasteiger partial charge in [-0.3, -0.25) is 4.79 Å². The molecule has 0 spiro atoms. The molecule has 1 atom stereocenters. The maximum Gasteiger partial charge on any atom is 0.274 e. The largest absolute Gasteiger partial charge is 0.463 e. The van der Waals surface area contributed by atoms with Crippen LogP contribution in [-0.2, 0) is 0 Å². The monoisotopic (exact) mass is 344 g/mol. The van der Waals surface area contributed by atoms with Crippen molar-refractivity contribution in [3.63, 3.8) is 0 Å². The second-order valence-corrected chi connectivity index (χ2v) is 6.67. The Balaban J connectivity index is 1.73. The topological polar surface area (TPSA) is 45.8 Å². The van der Waals surface area contributed by atoms with E-state index in [0.717, 1.165) is 22.4 Å². The Morgan fingerprint density at radius 1 is 1.04 bits per heavy atom. The molecule has 4 nitrogen and oxygen atoms in total. The molecule has 0 saturated carbocycles. The van der Waals surface area contributed by atoms with E-state index in [4.69, 9.17) is 4.42 Å². The van der Waals surface area contributed by atoms with Gasteiger partial charge in [-0.25, -0.2) is 5.01 Å². The van der Waals surface area contributed by atoms with E-state index in [-0.39, 0.29) is 11.9 Å². The summed E-state index contributed by atoms with van der Waals surface area (Å²) in [7, 11) is 0. The molecule has 4 rings (SSSR count). The maximum absolute atomic E-state index is 13.1. The number of nitrogens with zero attached hydrogens (tertiary/aromatic N) is 2. The molecule has 1 aliphatic heterocycles. The normalized spacial score (nSPS) is 16.6. The minimum absolute atomic E-state index is 0.0990. The van der Waals surface area contributed by atoms with Crippen LogP contribution < -0.4 is 0 Å². The molecule has 0 saturated heterocycles. The van der Waals surface area contributed by atoms with Gasteiger partial charge >= 0.3 is 0 Å². The van der Waals surface area contributed by atoms with E-state index in [2.05, 4.69) is 24.2 Å². The molecule has 2 heterocycles. The Morgan fingerprint density at radius 2 is 1.85 bits per heavy atom. The van der Waals surface area contributed by atoms with Gasteiger partial charge in [0.25, 0.3) is 5.91 Å². The molecule has 1 unspecified atom stereocenters. The van der Waals surface area contributed by atoms with Crippen LogP contribution in [0.3, 0.4) is 0 Å². The van der Waals surface area contributed by atoms with Gasteiger partial charge < -0.3 is 4.42 Å². The zero-order valence-corrected chi connectivity index (χ0v) is 14.8. The smallest absolute Gasteiger partial charge is 0.274 e. The number of hydrogen-bond donors (Lipinski definition) is 0.